The van der Waals surface area contributed by atoms with Gasteiger partial charge in [-0.3, -0.25) is 9.52 Å². The number of carbonyl (C=O) groups excluding carboxylic acids is 1. The van der Waals surface area contributed by atoms with Crippen molar-refractivity contribution >= 4 is 21.6 Å². The molecule has 0 aromatic heterocycles. The van der Waals surface area contributed by atoms with Gasteiger partial charge in [0.25, 0.3) is 5.91 Å². The van der Waals surface area contributed by atoms with Crippen LogP contribution in [0.1, 0.15) is 15.9 Å². The number of anilines is 1. The predicted octanol–water partition coefficient (Wildman–Crippen LogP) is 2.18. The molecule has 0 aliphatic carbocycles. The first-order valence-electron chi connectivity index (χ1n) is 7.39. The topological polar surface area (TPSA) is 84.5 Å². The third-order valence-electron chi connectivity index (χ3n) is 3.13. The molecule has 0 aliphatic rings. The molecular formula is C17H20N2O4S. The molecule has 0 heterocycles. The molecule has 0 saturated carbocycles. The van der Waals surface area contributed by atoms with Gasteiger partial charge in [0.05, 0.1) is 12.8 Å². The van der Waals surface area contributed by atoms with Crippen LogP contribution in [0.15, 0.2) is 48.5 Å². The number of benzene rings is 2. The van der Waals surface area contributed by atoms with Crippen LogP contribution in [0.4, 0.5) is 5.69 Å². The van der Waals surface area contributed by atoms with Gasteiger partial charge in [-0.1, -0.05) is 17.7 Å². The van der Waals surface area contributed by atoms with Gasteiger partial charge in [-0.2, -0.15) is 0 Å². The van der Waals surface area contributed by atoms with Crippen molar-refractivity contribution in [1.82, 2.24) is 5.32 Å². The zero-order chi connectivity index (χ0) is 17.6. The second kappa shape index (κ2) is 7.83. The molecule has 2 aromatic rings. The SMILES string of the molecule is Cc1ccc(OCCNC(=O)c2ccc(NS(C)(=O)=O)cc2)cc1. The highest BCUT2D eigenvalue weighted by Crippen LogP contribution is 2.12. The number of sulfonamides is 1. The van der Waals surface area contributed by atoms with Crippen LogP contribution in [0.3, 0.4) is 0 Å². The highest BCUT2D eigenvalue weighted by molar-refractivity contribution is 7.92. The van der Waals surface area contributed by atoms with Crippen LogP contribution in [-0.4, -0.2) is 33.7 Å². The number of aryl methyl sites for hydroxylation is 1. The molecule has 0 radical (unpaired) electrons. The molecule has 24 heavy (non-hydrogen) atoms. The van der Waals surface area contributed by atoms with Crippen LogP contribution >= 0.6 is 0 Å². The van der Waals surface area contributed by atoms with Gasteiger partial charge >= 0.3 is 0 Å². The van der Waals surface area contributed by atoms with Crippen LogP contribution in [0.25, 0.3) is 0 Å². The van der Waals surface area contributed by atoms with Gasteiger partial charge in [0.15, 0.2) is 0 Å². The van der Waals surface area contributed by atoms with Crippen molar-refractivity contribution in [3.63, 3.8) is 0 Å². The second-order valence-corrected chi connectivity index (χ2v) is 7.12. The number of hydrogen-bond acceptors (Lipinski definition) is 4. The highest BCUT2D eigenvalue weighted by atomic mass is 32.2. The first-order valence-corrected chi connectivity index (χ1v) is 9.28. The lowest BCUT2D eigenvalue weighted by Gasteiger charge is -2.09. The van der Waals surface area contributed by atoms with E-state index in [2.05, 4.69) is 10.0 Å². The third kappa shape index (κ3) is 5.92. The Morgan fingerprint density at radius 2 is 1.67 bits per heavy atom. The molecule has 128 valence electrons. The zero-order valence-corrected chi connectivity index (χ0v) is 14.4. The number of amides is 1. The molecule has 0 unspecified atom stereocenters. The Bertz CT molecular complexity index is 784. The number of hydrogen-bond donors (Lipinski definition) is 2. The van der Waals surface area contributed by atoms with Crippen LogP contribution in [0.2, 0.25) is 0 Å². The summed E-state index contributed by atoms with van der Waals surface area (Å²) in [5, 5.41) is 2.75. The number of ether oxygens (including phenoxy) is 1. The van der Waals surface area contributed by atoms with Gasteiger partial charge < -0.3 is 10.1 Å². The normalized spacial score (nSPS) is 10.9. The molecule has 1 amide bonds. The van der Waals surface area contributed by atoms with E-state index in [1.807, 2.05) is 31.2 Å². The summed E-state index contributed by atoms with van der Waals surface area (Å²) in [6, 6.07) is 13.9. The van der Waals surface area contributed by atoms with Gasteiger partial charge in [0.1, 0.15) is 12.4 Å². The number of rotatable bonds is 7. The lowest BCUT2D eigenvalue weighted by Crippen LogP contribution is -2.28. The van der Waals surface area contributed by atoms with E-state index >= 15 is 0 Å². The summed E-state index contributed by atoms with van der Waals surface area (Å²) in [6.07, 6.45) is 1.07. The fraction of sp³-hybridized carbons (Fsp3) is 0.235. The second-order valence-electron chi connectivity index (χ2n) is 5.37. The van der Waals surface area contributed by atoms with Crippen molar-refractivity contribution in [3.8, 4) is 5.75 Å². The average Bonchev–Trinajstić information content (AvgIpc) is 2.52. The van der Waals surface area contributed by atoms with Crippen molar-refractivity contribution in [2.45, 2.75) is 6.92 Å². The van der Waals surface area contributed by atoms with Gasteiger partial charge in [0, 0.05) is 11.3 Å². The molecule has 2 rings (SSSR count). The van der Waals surface area contributed by atoms with Gasteiger partial charge in [0.2, 0.25) is 10.0 Å². The quantitative estimate of drug-likeness (QED) is 0.751. The Hall–Kier alpha value is -2.54. The van der Waals surface area contributed by atoms with Crippen LogP contribution in [-0.2, 0) is 10.0 Å². The Morgan fingerprint density at radius 1 is 1.04 bits per heavy atom. The Kier molecular flexibility index (Phi) is 5.81. The molecule has 0 fully saturated rings. The minimum Gasteiger partial charge on any atom is -0.492 e. The summed E-state index contributed by atoms with van der Waals surface area (Å²) in [7, 11) is -3.32. The number of carbonyl (C=O) groups is 1. The Morgan fingerprint density at radius 3 is 2.25 bits per heavy atom. The van der Waals surface area contributed by atoms with E-state index in [1.165, 1.54) is 0 Å². The largest absolute Gasteiger partial charge is 0.492 e. The van der Waals surface area contributed by atoms with E-state index in [4.69, 9.17) is 4.74 Å². The summed E-state index contributed by atoms with van der Waals surface area (Å²) >= 11 is 0. The molecule has 2 aromatic carbocycles. The van der Waals surface area contributed by atoms with E-state index in [0.717, 1.165) is 17.6 Å². The predicted molar refractivity (Wildman–Crippen MR) is 93.9 cm³/mol. The lowest BCUT2D eigenvalue weighted by atomic mass is 10.2. The summed E-state index contributed by atoms with van der Waals surface area (Å²) in [5.41, 5.74) is 2.02. The monoisotopic (exact) mass is 348 g/mol. The standard InChI is InChI=1S/C17H20N2O4S/c1-13-3-9-16(10-4-13)23-12-11-18-17(20)14-5-7-15(8-6-14)19-24(2,21)22/h3-10,19H,11-12H2,1-2H3,(H,18,20). The van der Waals surface area contributed by atoms with Gasteiger partial charge in [-0.25, -0.2) is 8.42 Å². The van der Waals surface area contributed by atoms with Crippen molar-refractivity contribution in [3.05, 3.63) is 59.7 Å². The van der Waals surface area contributed by atoms with E-state index in [9.17, 15) is 13.2 Å². The number of nitrogens with one attached hydrogen (secondary N) is 2. The fourth-order valence-corrected chi connectivity index (χ4v) is 2.54. The van der Waals surface area contributed by atoms with Crippen molar-refractivity contribution in [2.75, 3.05) is 24.1 Å². The maximum absolute atomic E-state index is 12.0. The Labute approximate surface area is 141 Å². The maximum Gasteiger partial charge on any atom is 0.251 e. The van der Waals surface area contributed by atoms with Crippen LogP contribution in [0, 0.1) is 6.92 Å². The molecule has 0 spiro atoms. The molecular weight excluding hydrogens is 328 g/mol. The van der Waals surface area contributed by atoms with E-state index in [1.54, 1.807) is 24.3 Å². The molecule has 0 atom stereocenters. The smallest absolute Gasteiger partial charge is 0.251 e. The Balaban J connectivity index is 1.79. The first-order chi connectivity index (χ1) is 11.3. The summed E-state index contributed by atoms with van der Waals surface area (Å²) in [6.45, 7) is 2.74. The summed E-state index contributed by atoms with van der Waals surface area (Å²) < 4.78 is 30.1. The first kappa shape index (κ1) is 17.8. The van der Waals surface area contributed by atoms with Crippen molar-refractivity contribution in [1.29, 1.82) is 0 Å². The average molecular weight is 348 g/mol. The lowest BCUT2D eigenvalue weighted by molar-refractivity contribution is 0.0947. The van der Waals surface area contributed by atoms with Crippen LogP contribution < -0.4 is 14.8 Å². The van der Waals surface area contributed by atoms with E-state index < -0.39 is 10.0 Å². The highest BCUT2D eigenvalue weighted by Gasteiger charge is 2.06. The molecule has 7 heteroatoms. The molecule has 0 aliphatic heterocycles. The zero-order valence-electron chi connectivity index (χ0n) is 13.6. The maximum atomic E-state index is 12.0. The van der Waals surface area contributed by atoms with E-state index in [-0.39, 0.29) is 5.91 Å². The van der Waals surface area contributed by atoms with Crippen molar-refractivity contribution < 1.29 is 17.9 Å². The van der Waals surface area contributed by atoms with Crippen LogP contribution in [0.5, 0.6) is 5.75 Å². The molecule has 0 saturated heterocycles. The molecule has 2 N–H and O–H groups in total. The fourth-order valence-electron chi connectivity index (χ4n) is 1.97. The summed E-state index contributed by atoms with van der Waals surface area (Å²) in [4.78, 5) is 12.0. The third-order valence-corrected chi connectivity index (χ3v) is 3.73. The molecule has 0 bridgehead atoms. The van der Waals surface area contributed by atoms with Gasteiger partial charge in [-0.15, -0.1) is 0 Å². The van der Waals surface area contributed by atoms with Crippen molar-refractivity contribution in [2.24, 2.45) is 0 Å². The summed E-state index contributed by atoms with van der Waals surface area (Å²) in [5.74, 6) is 0.513. The minimum absolute atomic E-state index is 0.242. The van der Waals surface area contributed by atoms with Gasteiger partial charge in [-0.05, 0) is 43.3 Å². The minimum atomic E-state index is -3.32. The van der Waals surface area contributed by atoms with E-state index in [0.29, 0.717) is 24.4 Å². The molecule has 6 nitrogen and oxygen atoms in total.